The molecule has 0 saturated carbocycles. The summed E-state index contributed by atoms with van der Waals surface area (Å²) in [7, 11) is 1.66. The summed E-state index contributed by atoms with van der Waals surface area (Å²) in [5.74, 6) is 1.17. The molecule has 0 amide bonds. The van der Waals surface area contributed by atoms with Gasteiger partial charge in [-0.1, -0.05) is 49.0 Å². The largest absolute Gasteiger partial charge is 0.497 e. The molecule has 0 fully saturated rings. The molecule has 0 N–H and O–H groups in total. The van der Waals surface area contributed by atoms with E-state index in [1.807, 2.05) is 36.4 Å². The number of esters is 1. The standard InChI is InChI=1S/C25H24O4/c1-18(2)25(26)29-16-15-28-24-13-9-20(10-14-24)22-6-4-5-21(17-22)19-7-11-23(27-3)12-8-19/h4-14,17H,1,15-16H2,2-3H3. The van der Waals surface area contributed by atoms with Gasteiger partial charge < -0.3 is 14.2 Å². The van der Waals surface area contributed by atoms with Crippen molar-refractivity contribution in [3.05, 3.63) is 84.9 Å². The molecule has 3 aromatic rings. The number of hydrogen-bond acceptors (Lipinski definition) is 4. The highest BCUT2D eigenvalue weighted by molar-refractivity contribution is 5.86. The summed E-state index contributed by atoms with van der Waals surface area (Å²) in [6.07, 6.45) is 0. The van der Waals surface area contributed by atoms with Gasteiger partial charge in [0.15, 0.2) is 0 Å². The Morgan fingerprint density at radius 1 is 0.793 bits per heavy atom. The molecule has 0 aliphatic heterocycles. The molecule has 0 radical (unpaired) electrons. The molecule has 3 aromatic carbocycles. The number of hydrogen-bond donors (Lipinski definition) is 0. The molecular weight excluding hydrogens is 364 g/mol. The molecular formula is C25H24O4. The second kappa shape index (κ2) is 9.60. The van der Waals surface area contributed by atoms with Gasteiger partial charge in [0.25, 0.3) is 0 Å². The van der Waals surface area contributed by atoms with Gasteiger partial charge in [0.2, 0.25) is 0 Å². The number of carbonyl (C=O) groups excluding carboxylic acids is 1. The van der Waals surface area contributed by atoms with Crippen molar-refractivity contribution in [1.82, 2.24) is 0 Å². The van der Waals surface area contributed by atoms with Crippen LogP contribution in [0.25, 0.3) is 22.3 Å². The minimum Gasteiger partial charge on any atom is -0.497 e. The summed E-state index contributed by atoms with van der Waals surface area (Å²) in [5, 5.41) is 0. The molecule has 29 heavy (non-hydrogen) atoms. The van der Waals surface area contributed by atoms with Crippen molar-refractivity contribution >= 4 is 5.97 Å². The topological polar surface area (TPSA) is 44.8 Å². The summed E-state index contributed by atoms with van der Waals surface area (Å²) < 4.78 is 15.9. The van der Waals surface area contributed by atoms with E-state index in [1.165, 1.54) is 0 Å². The van der Waals surface area contributed by atoms with Gasteiger partial charge in [-0.2, -0.15) is 0 Å². The lowest BCUT2D eigenvalue weighted by atomic mass is 9.99. The van der Waals surface area contributed by atoms with Gasteiger partial charge in [0.05, 0.1) is 7.11 Å². The molecule has 148 valence electrons. The first-order chi connectivity index (χ1) is 14.1. The third-order valence-electron chi connectivity index (χ3n) is 4.41. The zero-order valence-electron chi connectivity index (χ0n) is 16.7. The second-order valence-corrected chi connectivity index (χ2v) is 6.60. The fraction of sp³-hybridized carbons (Fsp3) is 0.160. The third-order valence-corrected chi connectivity index (χ3v) is 4.41. The zero-order valence-corrected chi connectivity index (χ0v) is 16.7. The van der Waals surface area contributed by atoms with Crippen LogP contribution in [0.15, 0.2) is 84.9 Å². The van der Waals surface area contributed by atoms with E-state index in [0.717, 1.165) is 33.8 Å². The molecule has 0 spiro atoms. The number of rotatable bonds is 8. The van der Waals surface area contributed by atoms with Gasteiger partial charge in [-0.15, -0.1) is 0 Å². The molecule has 0 aliphatic carbocycles. The van der Waals surface area contributed by atoms with Crippen LogP contribution in [0, 0.1) is 0 Å². The second-order valence-electron chi connectivity index (χ2n) is 6.60. The van der Waals surface area contributed by atoms with Crippen LogP contribution in [0.1, 0.15) is 6.92 Å². The molecule has 0 unspecified atom stereocenters. The van der Waals surface area contributed by atoms with Gasteiger partial charge in [-0.05, 0) is 59.5 Å². The third kappa shape index (κ3) is 5.48. The van der Waals surface area contributed by atoms with Crippen LogP contribution < -0.4 is 9.47 Å². The van der Waals surface area contributed by atoms with Crippen molar-refractivity contribution in [3.8, 4) is 33.8 Å². The van der Waals surface area contributed by atoms with Gasteiger partial charge in [0, 0.05) is 5.57 Å². The van der Waals surface area contributed by atoms with Crippen molar-refractivity contribution < 1.29 is 19.0 Å². The smallest absolute Gasteiger partial charge is 0.333 e. The SMILES string of the molecule is C=C(C)C(=O)OCCOc1ccc(-c2cccc(-c3ccc(OC)cc3)c2)cc1. The minimum atomic E-state index is -0.402. The van der Waals surface area contributed by atoms with Crippen LogP contribution in [-0.2, 0) is 9.53 Å². The Balaban J connectivity index is 1.63. The highest BCUT2D eigenvalue weighted by Crippen LogP contribution is 2.28. The first kappa shape index (κ1) is 20.2. The monoisotopic (exact) mass is 388 g/mol. The van der Waals surface area contributed by atoms with E-state index in [-0.39, 0.29) is 6.61 Å². The highest BCUT2D eigenvalue weighted by Gasteiger charge is 2.05. The van der Waals surface area contributed by atoms with Gasteiger partial charge in [-0.25, -0.2) is 4.79 Å². The van der Waals surface area contributed by atoms with Crippen LogP contribution >= 0.6 is 0 Å². The van der Waals surface area contributed by atoms with E-state index in [0.29, 0.717) is 12.2 Å². The van der Waals surface area contributed by atoms with Crippen molar-refractivity contribution in [1.29, 1.82) is 0 Å². The average Bonchev–Trinajstić information content (AvgIpc) is 2.77. The van der Waals surface area contributed by atoms with E-state index >= 15 is 0 Å². The van der Waals surface area contributed by atoms with Gasteiger partial charge >= 0.3 is 5.97 Å². The Morgan fingerprint density at radius 3 is 1.86 bits per heavy atom. The summed E-state index contributed by atoms with van der Waals surface area (Å²) >= 11 is 0. The predicted octanol–water partition coefficient (Wildman–Crippen LogP) is 5.53. The highest BCUT2D eigenvalue weighted by atomic mass is 16.6. The quantitative estimate of drug-likeness (QED) is 0.289. The normalized spacial score (nSPS) is 10.3. The van der Waals surface area contributed by atoms with E-state index in [1.54, 1.807) is 14.0 Å². The molecule has 4 nitrogen and oxygen atoms in total. The lowest BCUT2D eigenvalue weighted by molar-refractivity contribution is -0.139. The predicted molar refractivity (Wildman–Crippen MR) is 115 cm³/mol. The number of methoxy groups -OCH3 is 1. The summed E-state index contributed by atoms with van der Waals surface area (Å²) in [4.78, 5) is 11.3. The van der Waals surface area contributed by atoms with E-state index < -0.39 is 5.97 Å². The zero-order chi connectivity index (χ0) is 20.6. The molecule has 0 saturated heterocycles. The lowest BCUT2D eigenvalue weighted by Gasteiger charge is -2.09. The van der Waals surface area contributed by atoms with Gasteiger partial charge in [-0.3, -0.25) is 0 Å². The van der Waals surface area contributed by atoms with Gasteiger partial charge in [0.1, 0.15) is 24.7 Å². The molecule has 0 aliphatic rings. The van der Waals surface area contributed by atoms with E-state index in [9.17, 15) is 4.79 Å². The lowest BCUT2D eigenvalue weighted by Crippen LogP contribution is -2.12. The molecule has 3 rings (SSSR count). The van der Waals surface area contributed by atoms with Crippen LogP contribution in [0.2, 0.25) is 0 Å². The van der Waals surface area contributed by atoms with Crippen molar-refractivity contribution in [2.45, 2.75) is 6.92 Å². The van der Waals surface area contributed by atoms with Crippen molar-refractivity contribution in [3.63, 3.8) is 0 Å². The van der Waals surface area contributed by atoms with Crippen LogP contribution in [0.5, 0.6) is 11.5 Å². The Hall–Kier alpha value is -3.53. The maximum atomic E-state index is 11.3. The maximum absolute atomic E-state index is 11.3. The molecule has 4 heteroatoms. The number of ether oxygens (including phenoxy) is 3. The van der Waals surface area contributed by atoms with Crippen LogP contribution in [0.3, 0.4) is 0 Å². The Kier molecular flexibility index (Phi) is 6.69. The number of carbonyl (C=O) groups is 1. The molecule has 0 atom stereocenters. The fourth-order valence-electron chi connectivity index (χ4n) is 2.82. The van der Waals surface area contributed by atoms with E-state index in [4.69, 9.17) is 14.2 Å². The Labute approximate surface area is 171 Å². The molecule has 0 bridgehead atoms. The minimum absolute atomic E-state index is 0.192. The first-order valence-electron chi connectivity index (χ1n) is 9.37. The Bertz CT molecular complexity index is 972. The molecule has 0 aromatic heterocycles. The fourth-order valence-corrected chi connectivity index (χ4v) is 2.82. The number of benzene rings is 3. The van der Waals surface area contributed by atoms with Crippen LogP contribution in [0.4, 0.5) is 0 Å². The maximum Gasteiger partial charge on any atom is 0.333 e. The van der Waals surface area contributed by atoms with Crippen molar-refractivity contribution in [2.75, 3.05) is 20.3 Å². The first-order valence-corrected chi connectivity index (χ1v) is 9.37. The Morgan fingerprint density at radius 2 is 1.34 bits per heavy atom. The van der Waals surface area contributed by atoms with Crippen molar-refractivity contribution in [2.24, 2.45) is 0 Å². The molecule has 0 heterocycles. The summed E-state index contributed by atoms with van der Waals surface area (Å²) in [6, 6.07) is 24.3. The summed E-state index contributed by atoms with van der Waals surface area (Å²) in [5.41, 5.74) is 4.88. The summed E-state index contributed by atoms with van der Waals surface area (Å²) in [6.45, 7) is 5.65. The average molecular weight is 388 g/mol. The van der Waals surface area contributed by atoms with E-state index in [2.05, 4.69) is 43.0 Å². The van der Waals surface area contributed by atoms with Crippen LogP contribution in [-0.4, -0.2) is 26.3 Å².